The molecule has 0 aromatic heterocycles. The Kier molecular flexibility index (Phi) is 5.85. The van der Waals surface area contributed by atoms with Crippen molar-refractivity contribution in [3.63, 3.8) is 0 Å². The first-order valence-electron chi connectivity index (χ1n) is 5.76. The van der Waals surface area contributed by atoms with E-state index in [4.69, 9.17) is 18.5 Å². The first-order valence-corrected chi connectivity index (χ1v) is 7.70. The molecular weight excluding hydrogens is 262 g/mol. The van der Waals surface area contributed by atoms with E-state index in [1.54, 1.807) is 18.2 Å². The Morgan fingerprint density at radius 2 is 1.74 bits per heavy atom. The first kappa shape index (κ1) is 15.5. The average Bonchev–Trinajstić information content (AvgIpc) is 2.49. The average molecular weight is 279 g/mol. The van der Waals surface area contributed by atoms with Crippen molar-refractivity contribution in [2.24, 2.45) is 0 Å². The van der Waals surface area contributed by atoms with Gasteiger partial charge in [0, 0.05) is 27.4 Å². The lowest BCUT2D eigenvalue weighted by molar-refractivity contribution is -0.115. The Morgan fingerprint density at radius 3 is 2.16 bits per heavy atom. The van der Waals surface area contributed by atoms with Crippen molar-refractivity contribution in [1.82, 2.24) is 0 Å². The van der Waals surface area contributed by atoms with E-state index in [1.807, 2.05) is 18.2 Å². The highest BCUT2D eigenvalue weighted by Crippen LogP contribution is 2.28. The van der Waals surface area contributed by atoms with Crippen LogP contribution in [0.2, 0.25) is 6.04 Å². The third kappa shape index (κ3) is 3.72. The Labute approximate surface area is 114 Å². The molecule has 0 spiro atoms. The summed E-state index contributed by atoms with van der Waals surface area (Å²) in [6.45, 7) is 0. The van der Waals surface area contributed by atoms with Gasteiger partial charge in [-0.1, -0.05) is 30.3 Å². The van der Waals surface area contributed by atoms with Crippen LogP contribution < -0.4 is 0 Å². The molecule has 1 rings (SSSR count). The summed E-state index contributed by atoms with van der Waals surface area (Å²) in [5.41, 5.74) is 0.761. The Bertz CT molecular complexity index is 445. The molecule has 102 valence electrons. The predicted octanol–water partition coefficient (Wildman–Crippen LogP) is 1.74. The van der Waals surface area contributed by atoms with Gasteiger partial charge in [0.05, 0.1) is 5.92 Å². The third-order valence-electron chi connectivity index (χ3n) is 3.02. The van der Waals surface area contributed by atoms with E-state index < -0.39 is 20.5 Å². The number of hydrogen-bond donors (Lipinski definition) is 0. The van der Waals surface area contributed by atoms with Crippen molar-refractivity contribution < 1.29 is 18.1 Å². The molecule has 0 aliphatic rings. The summed E-state index contributed by atoms with van der Waals surface area (Å²) in [5, 5.41) is 8.87. The maximum atomic E-state index is 11.8. The van der Waals surface area contributed by atoms with Crippen LogP contribution in [0.1, 0.15) is 11.5 Å². The molecule has 1 aromatic rings. The van der Waals surface area contributed by atoms with Crippen LogP contribution in [0.4, 0.5) is 0 Å². The summed E-state index contributed by atoms with van der Waals surface area (Å²) in [6, 6.07) is 11.0. The van der Waals surface area contributed by atoms with Crippen molar-refractivity contribution in [1.29, 1.82) is 5.26 Å². The first-order chi connectivity index (χ1) is 9.12. The van der Waals surface area contributed by atoms with Crippen molar-refractivity contribution in [3.8, 4) is 6.07 Å². The second-order valence-electron chi connectivity index (χ2n) is 3.94. The van der Waals surface area contributed by atoms with Crippen molar-refractivity contribution in [3.05, 3.63) is 35.9 Å². The van der Waals surface area contributed by atoms with Gasteiger partial charge in [0.15, 0.2) is 0 Å². The van der Waals surface area contributed by atoms with Crippen LogP contribution in [0, 0.1) is 11.3 Å². The van der Waals surface area contributed by atoms with E-state index in [1.165, 1.54) is 21.3 Å². The molecule has 0 bridgehead atoms. The van der Waals surface area contributed by atoms with Gasteiger partial charge in [-0.05, 0) is 5.56 Å². The minimum atomic E-state index is -2.91. The minimum Gasteiger partial charge on any atom is -0.377 e. The number of Topliss-reactive ketones (excluding diaryl/α,β-unsaturated/α-hetero) is 1. The maximum absolute atomic E-state index is 11.8. The standard InChI is InChI=1S/C13H17NO4Si/c1-16-19(17-2,18-3)10-12(13(15)9-14)11-7-5-4-6-8-11/h4-8,12H,10H2,1-3H3. The molecule has 6 heteroatoms. The second-order valence-corrected chi connectivity index (χ2v) is 6.94. The van der Waals surface area contributed by atoms with Crippen LogP contribution in [0.25, 0.3) is 0 Å². The van der Waals surface area contributed by atoms with Crippen molar-refractivity contribution in [2.45, 2.75) is 12.0 Å². The number of hydrogen-bond acceptors (Lipinski definition) is 5. The van der Waals surface area contributed by atoms with Gasteiger partial charge in [-0.2, -0.15) is 5.26 Å². The van der Waals surface area contributed by atoms with E-state index in [2.05, 4.69) is 0 Å². The number of ketones is 1. The van der Waals surface area contributed by atoms with Gasteiger partial charge in [0.2, 0.25) is 5.78 Å². The molecule has 0 amide bonds. The van der Waals surface area contributed by atoms with E-state index in [9.17, 15) is 4.79 Å². The summed E-state index contributed by atoms with van der Waals surface area (Å²) in [5.74, 6) is -1.12. The quantitative estimate of drug-likeness (QED) is 0.562. The lowest BCUT2D eigenvalue weighted by Gasteiger charge is -2.27. The van der Waals surface area contributed by atoms with Gasteiger partial charge in [-0.25, -0.2) is 0 Å². The van der Waals surface area contributed by atoms with Crippen LogP contribution in [0.3, 0.4) is 0 Å². The number of nitrogens with zero attached hydrogens (tertiary/aromatic N) is 1. The van der Waals surface area contributed by atoms with Crippen LogP contribution >= 0.6 is 0 Å². The third-order valence-corrected chi connectivity index (χ3v) is 5.79. The fraction of sp³-hybridized carbons (Fsp3) is 0.385. The van der Waals surface area contributed by atoms with Crippen molar-refractivity contribution >= 4 is 14.6 Å². The normalized spacial score (nSPS) is 12.7. The fourth-order valence-electron chi connectivity index (χ4n) is 1.88. The van der Waals surface area contributed by atoms with Gasteiger partial charge in [-0.15, -0.1) is 0 Å². The molecule has 5 nitrogen and oxygen atoms in total. The molecule has 1 aromatic carbocycles. The smallest absolute Gasteiger partial charge is 0.377 e. The molecule has 0 saturated carbocycles. The van der Waals surface area contributed by atoms with E-state index in [0.717, 1.165) is 5.56 Å². The SMILES string of the molecule is CO[Si](CC(C(=O)C#N)c1ccccc1)(OC)OC. The summed E-state index contributed by atoms with van der Waals surface area (Å²) >= 11 is 0. The molecule has 0 fully saturated rings. The predicted molar refractivity (Wildman–Crippen MR) is 71.4 cm³/mol. The van der Waals surface area contributed by atoms with Crippen LogP contribution in [0.15, 0.2) is 30.3 Å². The van der Waals surface area contributed by atoms with Gasteiger partial charge in [0.25, 0.3) is 0 Å². The zero-order valence-corrected chi connectivity index (χ0v) is 12.3. The molecule has 19 heavy (non-hydrogen) atoms. The minimum absolute atomic E-state index is 0.243. The molecule has 1 unspecified atom stereocenters. The molecule has 0 aliphatic heterocycles. The Morgan fingerprint density at radius 1 is 1.21 bits per heavy atom. The van der Waals surface area contributed by atoms with E-state index in [-0.39, 0.29) is 6.04 Å². The number of rotatable bonds is 7. The molecule has 0 aliphatic carbocycles. The zero-order chi connectivity index (χ0) is 14.3. The number of benzene rings is 1. The van der Waals surface area contributed by atoms with E-state index in [0.29, 0.717) is 0 Å². The van der Waals surface area contributed by atoms with Crippen LogP contribution in [0.5, 0.6) is 0 Å². The molecule has 1 atom stereocenters. The molecular formula is C13H17NO4Si. The summed E-state index contributed by atoms with van der Waals surface area (Å²) in [7, 11) is 1.54. The molecule has 0 heterocycles. The van der Waals surface area contributed by atoms with Gasteiger partial charge in [0.1, 0.15) is 6.07 Å². The van der Waals surface area contributed by atoms with Gasteiger partial charge < -0.3 is 13.3 Å². The number of carbonyl (C=O) groups is 1. The monoisotopic (exact) mass is 279 g/mol. The number of carbonyl (C=O) groups excluding carboxylic acids is 1. The highest BCUT2D eigenvalue weighted by molar-refractivity contribution is 6.61. The summed E-state index contributed by atoms with van der Waals surface area (Å²) < 4.78 is 15.9. The molecule has 0 N–H and O–H groups in total. The molecule has 0 saturated heterocycles. The highest BCUT2D eigenvalue weighted by atomic mass is 28.4. The Balaban J connectivity index is 3.07. The lowest BCUT2D eigenvalue weighted by Crippen LogP contribution is -2.45. The van der Waals surface area contributed by atoms with Gasteiger partial charge in [-0.3, -0.25) is 4.79 Å². The van der Waals surface area contributed by atoms with Crippen molar-refractivity contribution in [2.75, 3.05) is 21.3 Å². The number of nitriles is 1. The highest BCUT2D eigenvalue weighted by Gasteiger charge is 2.43. The topological polar surface area (TPSA) is 68.6 Å². The Hall–Kier alpha value is -1.52. The fourth-order valence-corrected chi connectivity index (χ4v) is 3.80. The van der Waals surface area contributed by atoms with E-state index >= 15 is 0 Å². The molecule has 0 radical (unpaired) electrons. The van der Waals surface area contributed by atoms with Crippen LogP contribution in [-0.4, -0.2) is 35.9 Å². The summed E-state index contributed by atoms with van der Waals surface area (Å²) in [4.78, 5) is 11.8. The largest absolute Gasteiger partial charge is 0.501 e. The lowest BCUT2D eigenvalue weighted by atomic mass is 9.97. The van der Waals surface area contributed by atoms with Gasteiger partial charge >= 0.3 is 8.80 Å². The van der Waals surface area contributed by atoms with Crippen LogP contribution in [-0.2, 0) is 18.1 Å². The maximum Gasteiger partial charge on any atom is 0.501 e. The second kappa shape index (κ2) is 7.16. The zero-order valence-electron chi connectivity index (χ0n) is 11.3. The summed E-state index contributed by atoms with van der Waals surface area (Å²) in [6.07, 6.45) is 0.